The fourth-order valence-corrected chi connectivity index (χ4v) is 1.49. The molecule has 3 heteroatoms. The van der Waals surface area contributed by atoms with Crippen LogP contribution in [0.3, 0.4) is 0 Å². The Morgan fingerprint density at radius 1 is 1.31 bits per heavy atom. The molecule has 0 spiro atoms. The Morgan fingerprint density at radius 3 is 2.94 bits per heavy atom. The lowest BCUT2D eigenvalue weighted by Gasteiger charge is -2.05. The molecule has 90 valence electrons. The Kier molecular flexibility index (Phi) is 6.77. The number of hydrogen-bond acceptors (Lipinski definition) is 2. The number of halogens is 1. The molecule has 0 heterocycles. The van der Waals surface area contributed by atoms with E-state index in [1.165, 1.54) is 6.07 Å². The van der Waals surface area contributed by atoms with Crippen molar-refractivity contribution >= 4 is 0 Å². The SMILES string of the molecule is CCOCCCNCCc1cccc(F)c1. The third-order valence-corrected chi connectivity index (χ3v) is 2.33. The fourth-order valence-electron chi connectivity index (χ4n) is 1.49. The van der Waals surface area contributed by atoms with Crippen molar-refractivity contribution in [1.82, 2.24) is 5.32 Å². The molecule has 1 N–H and O–H groups in total. The summed E-state index contributed by atoms with van der Waals surface area (Å²) in [7, 11) is 0. The molecule has 0 aliphatic heterocycles. The Balaban J connectivity index is 2.03. The summed E-state index contributed by atoms with van der Waals surface area (Å²) in [5.74, 6) is -0.158. The van der Waals surface area contributed by atoms with E-state index in [-0.39, 0.29) is 5.82 Å². The smallest absolute Gasteiger partial charge is 0.123 e. The summed E-state index contributed by atoms with van der Waals surface area (Å²) in [4.78, 5) is 0. The van der Waals surface area contributed by atoms with Crippen LogP contribution in [0.1, 0.15) is 18.9 Å². The Labute approximate surface area is 96.8 Å². The van der Waals surface area contributed by atoms with E-state index in [2.05, 4.69) is 5.32 Å². The van der Waals surface area contributed by atoms with E-state index in [1.807, 2.05) is 13.0 Å². The number of rotatable bonds is 8. The van der Waals surface area contributed by atoms with Gasteiger partial charge >= 0.3 is 0 Å². The summed E-state index contributed by atoms with van der Waals surface area (Å²) in [6.45, 7) is 5.43. The van der Waals surface area contributed by atoms with Gasteiger partial charge in [-0.25, -0.2) is 4.39 Å². The third-order valence-electron chi connectivity index (χ3n) is 2.33. The first kappa shape index (κ1) is 13.1. The topological polar surface area (TPSA) is 21.3 Å². The van der Waals surface area contributed by atoms with Gasteiger partial charge in [-0.15, -0.1) is 0 Å². The molecule has 2 nitrogen and oxygen atoms in total. The van der Waals surface area contributed by atoms with Gasteiger partial charge in [0.05, 0.1) is 0 Å². The van der Waals surface area contributed by atoms with Gasteiger partial charge in [0, 0.05) is 13.2 Å². The van der Waals surface area contributed by atoms with E-state index in [1.54, 1.807) is 12.1 Å². The molecule has 0 bridgehead atoms. The lowest BCUT2D eigenvalue weighted by molar-refractivity contribution is 0.145. The molecule has 1 aromatic carbocycles. The summed E-state index contributed by atoms with van der Waals surface area (Å²) in [5.41, 5.74) is 1.04. The molecule has 0 aromatic heterocycles. The van der Waals surface area contributed by atoms with Crippen LogP contribution in [-0.2, 0) is 11.2 Å². The van der Waals surface area contributed by atoms with Crippen LogP contribution in [0.5, 0.6) is 0 Å². The predicted octanol–water partition coefficient (Wildman–Crippen LogP) is 2.38. The standard InChI is InChI=1S/C13H20FNO/c1-2-16-10-4-8-15-9-7-12-5-3-6-13(14)11-12/h3,5-6,11,15H,2,4,7-10H2,1H3. The van der Waals surface area contributed by atoms with Gasteiger partial charge in [0.15, 0.2) is 0 Å². The lowest BCUT2D eigenvalue weighted by Crippen LogP contribution is -2.19. The van der Waals surface area contributed by atoms with Crippen molar-refractivity contribution < 1.29 is 9.13 Å². The number of benzene rings is 1. The minimum atomic E-state index is -0.158. The fraction of sp³-hybridized carbons (Fsp3) is 0.538. The molecule has 16 heavy (non-hydrogen) atoms. The first-order valence-corrected chi connectivity index (χ1v) is 5.86. The van der Waals surface area contributed by atoms with E-state index in [4.69, 9.17) is 4.74 Å². The van der Waals surface area contributed by atoms with Crippen molar-refractivity contribution in [2.45, 2.75) is 19.8 Å². The van der Waals surface area contributed by atoms with Gasteiger partial charge in [-0.3, -0.25) is 0 Å². The van der Waals surface area contributed by atoms with Crippen molar-refractivity contribution in [1.29, 1.82) is 0 Å². The first-order valence-electron chi connectivity index (χ1n) is 5.86. The van der Waals surface area contributed by atoms with Gasteiger partial charge in [-0.05, 0) is 50.6 Å². The zero-order valence-corrected chi connectivity index (χ0v) is 9.84. The van der Waals surface area contributed by atoms with Gasteiger partial charge in [0.1, 0.15) is 5.82 Å². The monoisotopic (exact) mass is 225 g/mol. The molecule has 0 fully saturated rings. The normalized spacial score (nSPS) is 10.6. The van der Waals surface area contributed by atoms with Crippen LogP contribution in [0.4, 0.5) is 4.39 Å². The average molecular weight is 225 g/mol. The van der Waals surface area contributed by atoms with Crippen LogP contribution in [0.2, 0.25) is 0 Å². The highest BCUT2D eigenvalue weighted by Crippen LogP contribution is 2.03. The van der Waals surface area contributed by atoms with Gasteiger partial charge in [-0.2, -0.15) is 0 Å². The van der Waals surface area contributed by atoms with Gasteiger partial charge in [-0.1, -0.05) is 12.1 Å². The van der Waals surface area contributed by atoms with Crippen LogP contribution in [0.25, 0.3) is 0 Å². The summed E-state index contributed by atoms with van der Waals surface area (Å²) < 4.78 is 18.1. The second kappa shape index (κ2) is 8.25. The minimum absolute atomic E-state index is 0.158. The molecule has 0 aliphatic carbocycles. The molecule has 0 unspecified atom stereocenters. The van der Waals surface area contributed by atoms with E-state index in [0.29, 0.717) is 0 Å². The Hall–Kier alpha value is -0.930. The zero-order chi connectivity index (χ0) is 11.6. The molecular weight excluding hydrogens is 205 g/mol. The maximum absolute atomic E-state index is 12.8. The second-order valence-corrected chi connectivity index (χ2v) is 3.68. The number of hydrogen-bond donors (Lipinski definition) is 1. The van der Waals surface area contributed by atoms with E-state index in [9.17, 15) is 4.39 Å². The second-order valence-electron chi connectivity index (χ2n) is 3.68. The third kappa shape index (κ3) is 5.83. The van der Waals surface area contributed by atoms with E-state index in [0.717, 1.165) is 44.7 Å². The summed E-state index contributed by atoms with van der Waals surface area (Å²) in [6.07, 6.45) is 1.89. The molecule has 0 aliphatic rings. The molecule has 0 saturated carbocycles. The molecule has 0 saturated heterocycles. The quantitative estimate of drug-likeness (QED) is 0.686. The number of nitrogens with one attached hydrogen (secondary N) is 1. The zero-order valence-electron chi connectivity index (χ0n) is 9.84. The van der Waals surface area contributed by atoms with Crippen molar-refractivity contribution in [2.75, 3.05) is 26.3 Å². The summed E-state index contributed by atoms with van der Waals surface area (Å²) in [6, 6.07) is 6.76. The van der Waals surface area contributed by atoms with Crippen molar-refractivity contribution in [3.05, 3.63) is 35.6 Å². The molecule has 0 amide bonds. The van der Waals surface area contributed by atoms with Gasteiger partial charge in [0.25, 0.3) is 0 Å². The largest absolute Gasteiger partial charge is 0.382 e. The predicted molar refractivity (Wildman–Crippen MR) is 64.1 cm³/mol. The minimum Gasteiger partial charge on any atom is -0.382 e. The number of ether oxygens (including phenoxy) is 1. The van der Waals surface area contributed by atoms with E-state index < -0.39 is 0 Å². The van der Waals surface area contributed by atoms with E-state index >= 15 is 0 Å². The Bertz CT molecular complexity index is 291. The maximum atomic E-state index is 12.8. The lowest BCUT2D eigenvalue weighted by atomic mass is 10.1. The maximum Gasteiger partial charge on any atom is 0.123 e. The van der Waals surface area contributed by atoms with Crippen molar-refractivity contribution in [3.8, 4) is 0 Å². The van der Waals surface area contributed by atoms with Crippen molar-refractivity contribution in [2.24, 2.45) is 0 Å². The highest BCUT2D eigenvalue weighted by atomic mass is 19.1. The van der Waals surface area contributed by atoms with Crippen LogP contribution in [0.15, 0.2) is 24.3 Å². The van der Waals surface area contributed by atoms with Crippen LogP contribution >= 0.6 is 0 Å². The highest BCUT2D eigenvalue weighted by Gasteiger charge is 1.95. The van der Waals surface area contributed by atoms with Crippen molar-refractivity contribution in [3.63, 3.8) is 0 Å². The molecular formula is C13H20FNO. The molecule has 0 atom stereocenters. The van der Waals surface area contributed by atoms with Gasteiger partial charge < -0.3 is 10.1 Å². The highest BCUT2D eigenvalue weighted by molar-refractivity contribution is 5.16. The summed E-state index contributed by atoms with van der Waals surface area (Å²) in [5, 5.41) is 3.31. The summed E-state index contributed by atoms with van der Waals surface area (Å²) >= 11 is 0. The van der Waals surface area contributed by atoms with Crippen LogP contribution in [-0.4, -0.2) is 26.3 Å². The van der Waals surface area contributed by atoms with Crippen LogP contribution in [0, 0.1) is 5.82 Å². The average Bonchev–Trinajstić information content (AvgIpc) is 2.28. The molecule has 1 rings (SSSR count). The van der Waals surface area contributed by atoms with Gasteiger partial charge in [0.2, 0.25) is 0 Å². The molecule has 1 aromatic rings. The first-order chi connectivity index (χ1) is 7.83. The van der Waals surface area contributed by atoms with Crippen LogP contribution < -0.4 is 5.32 Å². The molecule has 0 radical (unpaired) electrons. The Morgan fingerprint density at radius 2 is 2.19 bits per heavy atom.